The summed E-state index contributed by atoms with van der Waals surface area (Å²) in [6.45, 7) is 1.68. The highest BCUT2D eigenvalue weighted by Crippen LogP contribution is 2.56. The minimum atomic E-state index is -3.59. The van der Waals surface area contributed by atoms with E-state index in [0.29, 0.717) is 35.7 Å². The van der Waals surface area contributed by atoms with Gasteiger partial charge in [-0.3, -0.25) is 9.59 Å². The van der Waals surface area contributed by atoms with Gasteiger partial charge in [0.15, 0.2) is 0 Å². The maximum Gasteiger partial charge on any atom is 0.304 e. The summed E-state index contributed by atoms with van der Waals surface area (Å²) in [4.78, 5) is 25.2. The van der Waals surface area contributed by atoms with Gasteiger partial charge in [-0.05, 0) is 79.8 Å². The largest absolute Gasteiger partial charge is 0.481 e. The molecule has 2 aromatic rings. The molecule has 39 heavy (non-hydrogen) atoms. The molecule has 7 nitrogen and oxygen atoms in total. The van der Waals surface area contributed by atoms with Crippen LogP contribution in [-0.4, -0.2) is 48.0 Å². The SMILES string of the molecule is CN([C@@](C[C@@H]1NC(=O)[C@](C)(CC(=O)O)C[C@@H]1c1cccc(Cl)c1)(c1ccc(Cl)cc1)C1CC1)S(=O)(=O)C1CC1. The van der Waals surface area contributed by atoms with Gasteiger partial charge in [-0.1, -0.05) is 54.4 Å². The summed E-state index contributed by atoms with van der Waals surface area (Å²) < 4.78 is 29.1. The number of nitrogens with one attached hydrogen (secondary N) is 1. The average Bonchev–Trinajstić information content (AvgIpc) is 3.77. The smallest absolute Gasteiger partial charge is 0.304 e. The van der Waals surface area contributed by atoms with Crippen molar-refractivity contribution in [3.05, 3.63) is 69.7 Å². The van der Waals surface area contributed by atoms with Crippen molar-refractivity contribution in [2.45, 2.75) is 74.6 Å². The van der Waals surface area contributed by atoms with Gasteiger partial charge in [0.1, 0.15) is 0 Å². The summed E-state index contributed by atoms with van der Waals surface area (Å²) in [6, 6.07) is 14.3. The Bertz CT molecular complexity index is 1380. The first-order valence-corrected chi connectivity index (χ1v) is 15.6. The lowest BCUT2D eigenvalue weighted by Gasteiger charge is -2.49. The number of piperidine rings is 1. The van der Waals surface area contributed by atoms with Crippen molar-refractivity contribution < 1.29 is 23.1 Å². The number of carbonyl (C=O) groups excluding carboxylic acids is 1. The van der Waals surface area contributed by atoms with Gasteiger partial charge in [0.2, 0.25) is 15.9 Å². The number of amides is 1. The summed E-state index contributed by atoms with van der Waals surface area (Å²) >= 11 is 12.6. The van der Waals surface area contributed by atoms with Crippen LogP contribution in [0.3, 0.4) is 0 Å². The lowest BCUT2D eigenvalue weighted by Crippen LogP contribution is -2.59. The minimum Gasteiger partial charge on any atom is -0.481 e. The molecule has 3 fully saturated rings. The fraction of sp³-hybridized carbons (Fsp3) is 0.517. The van der Waals surface area contributed by atoms with Crippen LogP contribution in [0.5, 0.6) is 0 Å². The number of hydrogen-bond acceptors (Lipinski definition) is 4. The summed E-state index contributed by atoms with van der Waals surface area (Å²) in [6.07, 6.45) is 3.37. The van der Waals surface area contributed by atoms with Crippen molar-refractivity contribution in [2.75, 3.05) is 7.05 Å². The minimum absolute atomic E-state index is 0.0708. The second kappa shape index (κ2) is 10.4. The quantitative estimate of drug-likeness (QED) is 0.375. The molecular formula is C29H34Cl2N2O5S. The predicted molar refractivity (Wildman–Crippen MR) is 151 cm³/mol. The van der Waals surface area contributed by atoms with Gasteiger partial charge in [-0.15, -0.1) is 0 Å². The lowest BCUT2D eigenvalue weighted by molar-refractivity contribution is -0.147. The monoisotopic (exact) mass is 592 g/mol. The molecule has 2 aliphatic carbocycles. The zero-order chi connectivity index (χ0) is 28.2. The van der Waals surface area contributed by atoms with Gasteiger partial charge in [-0.25, -0.2) is 8.42 Å². The maximum absolute atomic E-state index is 13.8. The Morgan fingerprint density at radius 3 is 2.33 bits per heavy atom. The average molecular weight is 594 g/mol. The molecule has 210 valence electrons. The van der Waals surface area contributed by atoms with Gasteiger partial charge in [0, 0.05) is 29.1 Å². The third-order valence-electron chi connectivity index (χ3n) is 8.86. The molecular weight excluding hydrogens is 559 g/mol. The standard InChI is InChI=1S/C29H34Cl2N2O5S/c1-28(17-26(34)35)15-24(18-4-3-5-22(31)14-18)25(32-27(28)36)16-29(19-6-7-19,20-8-10-21(30)11-9-20)33(2)39(37,38)23-12-13-23/h3-5,8-11,14,19,23-25H,6-7,12-13,15-17H2,1-2H3,(H,32,36)(H,34,35)/t24-,25+,28+,29-/m1/s1. The predicted octanol–water partition coefficient (Wildman–Crippen LogP) is 5.57. The topological polar surface area (TPSA) is 104 Å². The number of nitrogens with zero attached hydrogens (tertiary/aromatic N) is 1. The van der Waals surface area contributed by atoms with E-state index in [1.807, 2.05) is 30.3 Å². The molecule has 0 radical (unpaired) electrons. The molecule has 1 aliphatic heterocycles. The van der Waals surface area contributed by atoms with Crippen LogP contribution in [-0.2, 0) is 25.2 Å². The Kier molecular flexibility index (Phi) is 7.55. The van der Waals surface area contributed by atoms with Crippen LogP contribution < -0.4 is 5.32 Å². The Hall–Kier alpha value is -2.13. The van der Waals surface area contributed by atoms with E-state index in [4.69, 9.17) is 23.2 Å². The van der Waals surface area contributed by atoms with E-state index in [-0.39, 0.29) is 24.2 Å². The molecule has 2 aromatic carbocycles. The molecule has 0 spiro atoms. The highest BCUT2D eigenvalue weighted by molar-refractivity contribution is 7.90. The van der Waals surface area contributed by atoms with Crippen LogP contribution in [0.4, 0.5) is 0 Å². The molecule has 2 N–H and O–H groups in total. The lowest BCUT2D eigenvalue weighted by atomic mass is 9.66. The number of hydrogen-bond donors (Lipinski definition) is 2. The van der Waals surface area contributed by atoms with Crippen molar-refractivity contribution in [1.82, 2.24) is 9.62 Å². The summed E-state index contributed by atoms with van der Waals surface area (Å²) in [5, 5.41) is 13.5. The highest BCUT2D eigenvalue weighted by atomic mass is 35.5. The Morgan fingerprint density at radius 1 is 1.10 bits per heavy atom. The highest BCUT2D eigenvalue weighted by Gasteiger charge is 2.58. The number of benzene rings is 2. The first-order valence-electron chi connectivity index (χ1n) is 13.4. The van der Waals surface area contributed by atoms with E-state index in [1.54, 1.807) is 36.5 Å². The van der Waals surface area contributed by atoms with Crippen molar-refractivity contribution in [3.63, 3.8) is 0 Å². The van der Waals surface area contributed by atoms with Gasteiger partial charge in [0.25, 0.3) is 0 Å². The van der Waals surface area contributed by atoms with E-state index >= 15 is 0 Å². The van der Waals surface area contributed by atoms with Crippen LogP contribution in [0.15, 0.2) is 48.5 Å². The number of rotatable bonds is 10. The molecule has 5 rings (SSSR count). The van der Waals surface area contributed by atoms with Crippen LogP contribution in [0.1, 0.15) is 68.9 Å². The number of carboxylic acids is 1. The van der Waals surface area contributed by atoms with Crippen molar-refractivity contribution in [2.24, 2.45) is 11.3 Å². The third kappa shape index (κ3) is 5.45. The van der Waals surface area contributed by atoms with Gasteiger partial charge in [0.05, 0.1) is 22.6 Å². The normalized spacial score (nSPS) is 27.2. The molecule has 4 atom stereocenters. The fourth-order valence-electron chi connectivity index (χ4n) is 6.47. The molecule has 0 bridgehead atoms. The van der Waals surface area contributed by atoms with E-state index in [9.17, 15) is 23.1 Å². The molecule has 0 unspecified atom stereocenters. The third-order valence-corrected chi connectivity index (χ3v) is 11.7. The van der Waals surface area contributed by atoms with Crippen LogP contribution >= 0.6 is 23.2 Å². The number of halogens is 2. The Labute approximate surface area is 239 Å². The number of sulfonamides is 1. The maximum atomic E-state index is 13.8. The van der Waals surface area contributed by atoms with Gasteiger partial charge in [-0.2, -0.15) is 4.31 Å². The molecule has 1 saturated heterocycles. The zero-order valence-electron chi connectivity index (χ0n) is 22.1. The number of aliphatic carboxylic acids is 1. The van der Waals surface area contributed by atoms with Crippen molar-refractivity contribution >= 4 is 45.1 Å². The number of carboxylic acid groups (broad SMARTS) is 1. The molecule has 3 aliphatic rings. The van der Waals surface area contributed by atoms with Crippen LogP contribution in [0.25, 0.3) is 0 Å². The summed E-state index contributed by atoms with van der Waals surface area (Å²) in [5.41, 5.74) is -0.290. The fourth-order valence-corrected chi connectivity index (χ4v) is 8.76. The van der Waals surface area contributed by atoms with E-state index in [1.165, 1.54) is 0 Å². The first-order chi connectivity index (χ1) is 18.4. The molecule has 1 amide bonds. The second-order valence-corrected chi connectivity index (χ2v) is 14.8. The van der Waals surface area contributed by atoms with Crippen LogP contribution in [0.2, 0.25) is 10.0 Å². The van der Waals surface area contributed by atoms with Crippen molar-refractivity contribution in [3.8, 4) is 0 Å². The molecule has 1 heterocycles. The number of carbonyl (C=O) groups is 2. The van der Waals surface area contributed by atoms with E-state index in [2.05, 4.69) is 5.32 Å². The van der Waals surface area contributed by atoms with Crippen molar-refractivity contribution in [1.29, 1.82) is 0 Å². The summed E-state index contributed by atoms with van der Waals surface area (Å²) in [7, 11) is -1.92. The second-order valence-electron chi connectivity index (χ2n) is 11.7. The molecule has 2 saturated carbocycles. The van der Waals surface area contributed by atoms with Crippen LogP contribution in [0, 0.1) is 11.3 Å². The first kappa shape index (κ1) is 28.4. The zero-order valence-corrected chi connectivity index (χ0v) is 24.4. The summed E-state index contributed by atoms with van der Waals surface area (Å²) in [5.74, 6) is -1.57. The van der Waals surface area contributed by atoms with E-state index in [0.717, 1.165) is 24.0 Å². The Balaban J connectivity index is 1.62. The molecule has 10 heteroatoms. The van der Waals surface area contributed by atoms with Gasteiger partial charge >= 0.3 is 5.97 Å². The van der Waals surface area contributed by atoms with Gasteiger partial charge < -0.3 is 10.4 Å². The van der Waals surface area contributed by atoms with E-state index < -0.39 is 38.2 Å². The Morgan fingerprint density at radius 2 is 1.77 bits per heavy atom. The molecule has 0 aromatic heterocycles.